The van der Waals surface area contributed by atoms with Gasteiger partial charge in [-0.2, -0.15) is 11.8 Å². The predicted octanol–water partition coefficient (Wildman–Crippen LogP) is 2.94. The summed E-state index contributed by atoms with van der Waals surface area (Å²) in [5.74, 6) is 3.93. The number of rotatable bonds is 5. The normalized spacial score (nSPS) is 19.6. The molecule has 1 aromatic carbocycles. The molecule has 1 saturated heterocycles. The van der Waals surface area contributed by atoms with Gasteiger partial charge in [-0.05, 0) is 36.3 Å². The Hall–Kier alpha value is -1.13. The van der Waals surface area contributed by atoms with Gasteiger partial charge in [0.15, 0.2) is 11.5 Å². The number of ether oxygens (including phenoxy) is 2. The molecule has 0 aromatic heterocycles. The number of hydrogen-bond acceptors (Lipinski definition) is 4. The number of benzene rings is 1. The Balaban J connectivity index is 2.13. The Labute approximate surface area is 119 Å². The van der Waals surface area contributed by atoms with Crippen molar-refractivity contribution in [3.05, 3.63) is 29.8 Å². The van der Waals surface area contributed by atoms with Gasteiger partial charge in [0.25, 0.3) is 0 Å². The van der Waals surface area contributed by atoms with E-state index in [1.807, 2.05) is 42.1 Å². The molecule has 4 heteroatoms. The molecule has 1 aromatic rings. The SMILES string of the molecule is COc1ccc(/C=C/CN)cc1OC1CCCSC1. The van der Waals surface area contributed by atoms with Gasteiger partial charge in [-0.25, -0.2) is 0 Å². The van der Waals surface area contributed by atoms with Crippen molar-refractivity contribution < 1.29 is 9.47 Å². The molecule has 1 fully saturated rings. The third-order valence-corrected chi connectivity index (χ3v) is 4.23. The van der Waals surface area contributed by atoms with Gasteiger partial charge in [0.05, 0.1) is 7.11 Å². The molecular weight excluding hydrogens is 258 g/mol. The van der Waals surface area contributed by atoms with E-state index in [2.05, 4.69) is 0 Å². The van der Waals surface area contributed by atoms with Crippen LogP contribution in [0.3, 0.4) is 0 Å². The van der Waals surface area contributed by atoms with Gasteiger partial charge < -0.3 is 15.2 Å². The summed E-state index contributed by atoms with van der Waals surface area (Å²) in [6.45, 7) is 0.543. The van der Waals surface area contributed by atoms with Crippen molar-refractivity contribution in [1.29, 1.82) is 0 Å². The van der Waals surface area contributed by atoms with Gasteiger partial charge in [0.1, 0.15) is 6.10 Å². The summed E-state index contributed by atoms with van der Waals surface area (Å²) in [5, 5.41) is 0. The van der Waals surface area contributed by atoms with E-state index in [-0.39, 0.29) is 0 Å². The smallest absolute Gasteiger partial charge is 0.162 e. The Morgan fingerprint density at radius 3 is 3.00 bits per heavy atom. The minimum Gasteiger partial charge on any atom is -0.493 e. The van der Waals surface area contributed by atoms with Gasteiger partial charge in [-0.3, -0.25) is 0 Å². The Morgan fingerprint density at radius 1 is 1.42 bits per heavy atom. The second-order valence-electron chi connectivity index (χ2n) is 4.51. The van der Waals surface area contributed by atoms with E-state index in [0.717, 1.165) is 29.2 Å². The number of nitrogens with two attached hydrogens (primary N) is 1. The highest BCUT2D eigenvalue weighted by Gasteiger charge is 2.17. The molecule has 1 heterocycles. The van der Waals surface area contributed by atoms with E-state index in [0.29, 0.717) is 12.6 Å². The van der Waals surface area contributed by atoms with Gasteiger partial charge >= 0.3 is 0 Å². The molecule has 0 saturated carbocycles. The quantitative estimate of drug-likeness (QED) is 0.900. The molecule has 1 aliphatic heterocycles. The molecule has 19 heavy (non-hydrogen) atoms. The molecule has 2 rings (SSSR count). The Bertz CT molecular complexity index is 428. The first kappa shape index (κ1) is 14.3. The highest BCUT2D eigenvalue weighted by Crippen LogP contribution is 2.31. The highest BCUT2D eigenvalue weighted by molar-refractivity contribution is 7.99. The summed E-state index contributed by atoms with van der Waals surface area (Å²) < 4.78 is 11.5. The lowest BCUT2D eigenvalue weighted by Gasteiger charge is -2.23. The lowest BCUT2D eigenvalue weighted by atomic mass is 10.1. The van der Waals surface area contributed by atoms with Crippen LogP contribution in [0.1, 0.15) is 18.4 Å². The molecule has 2 N–H and O–H groups in total. The number of methoxy groups -OCH3 is 1. The molecule has 104 valence electrons. The average Bonchev–Trinajstić information content (AvgIpc) is 2.46. The van der Waals surface area contributed by atoms with Gasteiger partial charge in [0, 0.05) is 12.3 Å². The fourth-order valence-electron chi connectivity index (χ4n) is 2.08. The monoisotopic (exact) mass is 279 g/mol. The van der Waals surface area contributed by atoms with Crippen LogP contribution >= 0.6 is 11.8 Å². The first-order valence-corrected chi connectivity index (χ1v) is 7.78. The van der Waals surface area contributed by atoms with Crippen molar-refractivity contribution in [2.24, 2.45) is 5.73 Å². The summed E-state index contributed by atoms with van der Waals surface area (Å²) in [6.07, 6.45) is 6.58. The Kier molecular flexibility index (Phi) is 5.61. The molecular formula is C15H21NO2S. The van der Waals surface area contributed by atoms with Crippen LogP contribution in [0.2, 0.25) is 0 Å². The van der Waals surface area contributed by atoms with Crippen molar-refractivity contribution in [1.82, 2.24) is 0 Å². The summed E-state index contributed by atoms with van der Waals surface area (Å²) in [7, 11) is 1.67. The number of hydrogen-bond donors (Lipinski definition) is 1. The zero-order valence-electron chi connectivity index (χ0n) is 11.3. The number of thioether (sulfide) groups is 1. The molecule has 0 spiro atoms. The van der Waals surface area contributed by atoms with Crippen LogP contribution in [0.5, 0.6) is 11.5 Å². The van der Waals surface area contributed by atoms with E-state index >= 15 is 0 Å². The van der Waals surface area contributed by atoms with E-state index in [4.69, 9.17) is 15.2 Å². The van der Waals surface area contributed by atoms with Crippen LogP contribution in [0.15, 0.2) is 24.3 Å². The fourth-order valence-corrected chi connectivity index (χ4v) is 3.11. The third kappa shape index (κ3) is 4.18. The second-order valence-corrected chi connectivity index (χ2v) is 5.66. The summed E-state index contributed by atoms with van der Waals surface area (Å²) in [6, 6.07) is 5.97. The van der Waals surface area contributed by atoms with Crippen LogP contribution in [0.4, 0.5) is 0 Å². The van der Waals surface area contributed by atoms with Crippen LogP contribution < -0.4 is 15.2 Å². The molecule has 1 aliphatic rings. The first-order valence-electron chi connectivity index (χ1n) is 6.62. The fraction of sp³-hybridized carbons (Fsp3) is 0.467. The summed E-state index contributed by atoms with van der Waals surface area (Å²) in [5.41, 5.74) is 6.56. The molecule has 0 radical (unpaired) electrons. The van der Waals surface area contributed by atoms with Gasteiger partial charge in [-0.15, -0.1) is 0 Å². The zero-order chi connectivity index (χ0) is 13.5. The summed E-state index contributed by atoms with van der Waals surface area (Å²) >= 11 is 1.96. The Morgan fingerprint density at radius 2 is 2.32 bits per heavy atom. The molecule has 0 aliphatic carbocycles. The van der Waals surface area contributed by atoms with E-state index in [1.54, 1.807) is 7.11 Å². The topological polar surface area (TPSA) is 44.5 Å². The van der Waals surface area contributed by atoms with E-state index < -0.39 is 0 Å². The highest BCUT2D eigenvalue weighted by atomic mass is 32.2. The molecule has 3 nitrogen and oxygen atoms in total. The van der Waals surface area contributed by atoms with Crippen LogP contribution in [-0.4, -0.2) is 31.3 Å². The minimum absolute atomic E-state index is 0.293. The van der Waals surface area contributed by atoms with Crippen molar-refractivity contribution in [2.45, 2.75) is 18.9 Å². The van der Waals surface area contributed by atoms with Crippen LogP contribution in [0.25, 0.3) is 6.08 Å². The van der Waals surface area contributed by atoms with Crippen molar-refractivity contribution in [3.8, 4) is 11.5 Å². The van der Waals surface area contributed by atoms with Crippen molar-refractivity contribution >= 4 is 17.8 Å². The van der Waals surface area contributed by atoms with Crippen molar-refractivity contribution in [3.63, 3.8) is 0 Å². The predicted molar refractivity (Wildman–Crippen MR) is 82.1 cm³/mol. The molecule has 0 bridgehead atoms. The molecule has 0 amide bonds. The maximum Gasteiger partial charge on any atom is 0.162 e. The lowest BCUT2D eigenvalue weighted by Crippen LogP contribution is -2.23. The maximum atomic E-state index is 6.09. The summed E-state index contributed by atoms with van der Waals surface area (Å²) in [4.78, 5) is 0. The maximum absolute atomic E-state index is 6.09. The van der Waals surface area contributed by atoms with E-state index in [9.17, 15) is 0 Å². The standard InChI is InChI=1S/C15H21NO2S/c1-17-14-7-6-12(4-2-8-16)10-15(14)18-13-5-3-9-19-11-13/h2,4,6-7,10,13H,3,5,8-9,11,16H2,1H3/b4-2+. The zero-order valence-corrected chi connectivity index (χ0v) is 12.1. The molecule has 1 unspecified atom stereocenters. The van der Waals surface area contributed by atoms with Gasteiger partial charge in [0.2, 0.25) is 0 Å². The first-order chi connectivity index (χ1) is 9.33. The lowest BCUT2D eigenvalue weighted by molar-refractivity contribution is 0.202. The third-order valence-electron chi connectivity index (χ3n) is 3.05. The van der Waals surface area contributed by atoms with Crippen LogP contribution in [-0.2, 0) is 0 Å². The second kappa shape index (κ2) is 7.46. The average molecular weight is 279 g/mol. The van der Waals surface area contributed by atoms with Crippen molar-refractivity contribution in [2.75, 3.05) is 25.2 Å². The minimum atomic E-state index is 0.293. The van der Waals surface area contributed by atoms with Gasteiger partial charge in [-0.1, -0.05) is 18.2 Å². The van der Waals surface area contributed by atoms with E-state index in [1.165, 1.54) is 12.2 Å². The van der Waals surface area contributed by atoms with Crippen LogP contribution in [0, 0.1) is 0 Å². The largest absolute Gasteiger partial charge is 0.493 e. The molecule has 1 atom stereocenters.